The average Bonchev–Trinajstić information content (AvgIpc) is 3.47. The first-order chi connectivity index (χ1) is 16.1. The van der Waals surface area contributed by atoms with Gasteiger partial charge in [0, 0.05) is 36.1 Å². The number of aromatic hydroxyl groups is 1. The van der Waals surface area contributed by atoms with Crippen LogP contribution in [0.15, 0.2) is 48.5 Å². The van der Waals surface area contributed by atoms with E-state index >= 15 is 0 Å². The van der Waals surface area contributed by atoms with Crippen LogP contribution < -0.4 is 0 Å². The third-order valence-electron chi connectivity index (χ3n) is 7.41. The van der Waals surface area contributed by atoms with Crippen molar-refractivity contribution >= 4 is 22.7 Å². The first kappa shape index (κ1) is 20.3. The fourth-order valence-electron chi connectivity index (χ4n) is 5.82. The Hall–Kier alpha value is -3.32. The van der Waals surface area contributed by atoms with E-state index < -0.39 is 12.1 Å². The van der Waals surface area contributed by atoms with Crippen molar-refractivity contribution in [2.75, 3.05) is 32.7 Å². The van der Waals surface area contributed by atoms with Crippen LogP contribution in [-0.4, -0.2) is 75.4 Å². The second-order valence-electron chi connectivity index (χ2n) is 9.39. The summed E-state index contributed by atoms with van der Waals surface area (Å²) in [4.78, 5) is 36.6. The molecule has 2 saturated heterocycles. The lowest BCUT2D eigenvalue weighted by Gasteiger charge is -2.47. The van der Waals surface area contributed by atoms with Crippen LogP contribution in [0.4, 0.5) is 0 Å². The molecule has 3 aromatic rings. The number of phenols is 1. The minimum Gasteiger partial charge on any atom is -0.508 e. The Morgan fingerprint density at radius 1 is 1.00 bits per heavy atom. The number of aromatic nitrogens is 1. The molecule has 170 valence electrons. The average molecular weight is 445 g/mol. The first-order valence-electron chi connectivity index (χ1n) is 11.8. The Morgan fingerprint density at radius 3 is 2.64 bits per heavy atom. The monoisotopic (exact) mass is 444 g/mol. The van der Waals surface area contributed by atoms with Gasteiger partial charge in [-0.05, 0) is 55.3 Å². The molecule has 2 atom stereocenters. The van der Waals surface area contributed by atoms with Gasteiger partial charge >= 0.3 is 0 Å². The summed E-state index contributed by atoms with van der Waals surface area (Å²) in [6, 6.07) is 14.1. The van der Waals surface area contributed by atoms with E-state index in [-0.39, 0.29) is 24.1 Å². The molecule has 0 aliphatic carbocycles. The second kappa shape index (κ2) is 7.92. The SMILES string of the molecule is O=C1C2Cc3c([nH]c4ccccc34)C(c3cccc(O)c3)N2C(=O)CN1CCN1CCCC1. The largest absolute Gasteiger partial charge is 0.508 e. The van der Waals surface area contributed by atoms with Gasteiger partial charge in [0.1, 0.15) is 11.8 Å². The first-order valence-corrected chi connectivity index (χ1v) is 11.8. The minimum atomic E-state index is -0.538. The zero-order valence-electron chi connectivity index (χ0n) is 18.5. The predicted molar refractivity (Wildman–Crippen MR) is 125 cm³/mol. The van der Waals surface area contributed by atoms with Gasteiger partial charge in [-0.2, -0.15) is 0 Å². The van der Waals surface area contributed by atoms with E-state index in [1.807, 2.05) is 24.3 Å². The lowest BCUT2D eigenvalue weighted by molar-refractivity contribution is -0.158. The van der Waals surface area contributed by atoms with Gasteiger partial charge in [0.15, 0.2) is 0 Å². The molecule has 0 spiro atoms. The lowest BCUT2D eigenvalue weighted by atomic mass is 9.86. The van der Waals surface area contributed by atoms with E-state index in [4.69, 9.17) is 0 Å². The summed E-state index contributed by atoms with van der Waals surface area (Å²) in [7, 11) is 0. The van der Waals surface area contributed by atoms with E-state index in [1.54, 1.807) is 28.0 Å². The van der Waals surface area contributed by atoms with Crippen molar-refractivity contribution in [2.24, 2.45) is 0 Å². The number of H-pyrrole nitrogens is 1. The van der Waals surface area contributed by atoms with Gasteiger partial charge in [-0.25, -0.2) is 0 Å². The number of para-hydroxylation sites is 1. The number of phenolic OH excluding ortho intramolecular Hbond substituents is 1. The van der Waals surface area contributed by atoms with Gasteiger partial charge < -0.3 is 24.8 Å². The van der Waals surface area contributed by atoms with Crippen LogP contribution in [-0.2, 0) is 16.0 Å². The Kier molecular flexibility index (Phi) is 4.87. The van der Waals surface area contributed by atoms with Crippen molar-refractivity contribution < 1.29 is 14.7 Å². The summed E-state index contributed by atoms with van der Waals surface area (Å²) in [6.07, 6.45) is 2.91. The van der Waals surface area contributed by atoms with Crippen LogP contribution in [0.3, 0.4) is 0 Å². The maximum absolute atomic E-state index is 13.7. The van der Waals surface area contributed by atoms with Crippen molar-refractivity contribution in [3.63, 3.8) is 0 Å². The highest BCUT2D eigenvalue weighted by atomic mass is 16.3. The van der Waals surface area contributed by atoms with Crippen molar-refractivity contribution in [1.29, 1.82) is 0 Å². The number of carbonyl (C=O) groups is 2. The second-order valence-corrected chi connectivity index (χ2v) is 9.39. The number of aromatic amines is 1. The number of nitrogens with one attached hydrogen (secondary N) is 1. The van der Waals surface area contributed by atoms with Crippen LogP contribution in [0, 0.1) is 0 Å². The number of fused-ring (bicyclic) bond motifs is 4. The molecule has 7 heteroatoms. The molecule has 1 aromatic heterocycles. The topological polar surface area (TPSA) is 79.9 Å². The van der Waals surface area contributed by atoms with E-state index in [1.165, 1.54) is 12.8 Å². The minimum absolute atomic E-state index is 0.0230. The Balaban J connectivity index is 1.40. The smallest absolute Gasteiger partial charge is 0.246 e. The van der Waals surface area contributed by atoms with E-state index in [9.17, 15) is 14.7 Å². The van der Waals surface area contributed by atoms with Crippen LogP contribution >= 0.6 is 0 Å². The molecule has 3 aliphatic heterocycles. The zero-order valence-corrected chi connectivity index (χ0v) is 18.5. The standard InChI is InChI=1S/C26H28N4O3/c31-18-7-5-6-17(14-18)25-24-20(19-8-1-2-9-21(19)27-24)15-22-26(33)29(16-23(32)30(22)25)13-12-28-10-3-4-11-28/h1-2,5-9,14,22,25,27,31H,3-4,10-13,15-16H2. The highest BCUT2D eigenvalue weighted by Crippen LogP contribution is 2.43. The maximum atomic E-state index is 13.7. The number of rotatable bonds is 4. The quantitative estimate of drug-likeness (QED) is 0.649. The van der Waals surface area contributed by atoms with Crippen molar-refractivity contribution in [3.05, 3.63) is 65.4 Å². The summed E-state index contributed by atoms with van der Waals surface area (Å²) in [5, 5.41) is 11.3. The molecular weight excluding hydrogens is 416 g/mol. The number of hydrogen-bond donors (Lipinski definition) is 2. The normalized spacial score (nSPS) is 23.3. The molecule has 4 heterocycles. The summed E-state index contributed by atoms with van der Waals surface area (Å²) in [6.45, 7) is 3.66. The van der Waals surface area contributed by atoms with Gasteiger partial charge in [-0.15, -0.1) is 0 Å². The molecule has 2 N–H and O–H groups in total. The Labute approximate surface area is 192 Å². The molecule has 7 nitrogen and oxygen atoms in total. The zero-order chi connectivity index (χ0) is 22.5. The van der Waals surface area contributed by atoms with Gasteiger partial charge in [0.25, 0.3) is 0 Å². The highest BCUT2D eigenvalue weighted by Gasteiger charge is 2.48. The maximum Gasteiger partial charge on any atom is 0.246 e. The molecular formula is C26H28N4O3. The van der Waals surface area contributed by atoms with Crippen molar-refractivity contribution in [3.8, 4) is 5.75 Å². The van der Waals surface area contributed by atoms with Gasteiger partial charge in [-0.3, -0.25) is 9.59 Å². The number of amides is 2. The molecule has 2 amide bonds. The molecule has 0 bridgehead atoms. The molecule has 33 heavy (non-hydrogen) atoms. The third-order valence-corrected chi connectivity index (χ3v) is 7.41. The summed E-state index contributed by atoms with van der Waals surface area (Å²) in [5.74, 6) is 0.129. The number of hydrogen-bond acceptors (Lipinski definition) is 4. The summed E-state index contributed by atoms with van der Waals surface area (Å²) >= 11 is 0. The molecule has 2 fully saturated rings. The number of benzene rings is 2. The van der Waals surface area contributed by atoms with Crippen molar-refractivity contribution in [2.45, 2.75) is 31.3 Å². The van der Waals surface area contributed by atoms with Gasteiger partial charge in [0.2, 0.25) is 11.8 Å². The number of likely N-dealkylation sites (tertiary alicyclic amines) is 1. The molecule has 0 radical (unpaired) electrons. The van der Waals surface area contributed by atoms with Crippen LogP contribution in [0.1, 0.15) is 35.7 Å². The molecule has 2 unspecified atom stereocenters. The fraction of sp³-hybridized carbons (Fsp3) is 0.385. The summed E-state index contributed by atoms with van der Waals surface area (Å²) in [5.41, 5.74) is 3.82. The molecule has 6 rings (SSSR count). The predicted octanol–water partition coefficient (Wildman–Crippen LogP) is 2.65. The molecule has 2 aromatic carbocycles. The van der Waals surface area contributed by atoms with Crippen LogP contribution in [0.2, 0.25) is 0 Å². The number of nitrogens with zero attached hydrogens (tertiary/aromatic N) is 3. The highest BCUT2D eigenvalue weighted by molar-refractivity contribution is 5.97. The van der Waals surface area contributed by atoms with Crippen LogP contribution in [0.5, 0.6) is 5.75 Å². The number of piperazine rings is 1. The van der Waals surface area contributed by atoms with Gasteiger partial charge in [-0.1, -0.05) is 30.3 Å². The molecule has 3 aliphatic rings. The van der Waals surface area contributed by atoms with Crippen LogP contribution in [0.25, 0.3) is 10.9 Å². The summed E-state index contributed by atoms with van der Waals surface area (Å²) < 4.78 is 0. The Morgan fingerprint density at radius 2 is 1.82 bits per heavy atom. The molecule has 0 saturated carbocycles. The van der Waals surface area contributed by atoms with E-state index in [2.05, 4.69) is 16.0 Å². The van der Waals surface area contributed by atoms with Gasteiger partial charge in [0.05, 0.1) is 12.6 Å². The Bertz CT molecular complexity index is 1230. The third kappa shape index (κ3) is 3.38. The van der Waals surface area contributed by atoms with E-state index in [0.29, 0.717) is 13.0 Å². The van der Waals surface area contributed by atoms with Crippen molar-refractivity contribution in [1.82, 2.24) is 19.7 Å². The van der Waals surface area contributed by atoms with E-state index in [0.717, 1.165) is 47.4 Å². The fourth-order valence-corrected chi connectivity index (χ4v) is 5.82. The lowest BCUT2D eigenvalue weighted by Crippen LogP contribution is -2.63. The number of carbonyl (C=O) groups excluding carboxylic acids is 2.